The fourth-order valence-electron chi connectivity index (χ4n) is 2.96. The average molecular weight is 365 g/mol. The van der Waals surface area contributed by atoms with Crippen LogP contribution in [0, 0.1) is 0 Å². The van der Waals surface area contributed by atoms with Crippen LogP contribution in [0.5, 0.6) is 11.5 Å². The molecule has 3 rings (SSSR count). The molecule has 27 heavy (non-hydrogen) atoms. The minimum atomic E-state index is -0.0505. The second-order valence-electron chi connectivity index (χ2n) is 6.21. The Kier molecular flexibility index (Phi) is 5.76. The topological polar surface area (TPSA) is 56.6 Å². The van der Waals surface area contributed by atoms with Crippen molar-refractivity contribution in [3.8, 4) is 11.5 Å². The highest BCUT2D eigenvalue weighted by Gasteiger charge is 2.16. The largest absolute Gasteiger partial charge is 0.493 e. The summed E-state index contributed by atoms with van der Waals surface area (Å²) < 4.78 is 12.6. The predicted octanol–water partition coefficient (Wildman–Crippen LogP) is 3.22. The summed E-state index contributed by atoms with van der Waals surface area (Å²) in [7, 11) is 4.97. The molecule has 0 saturated carbocycles. The molecule has 0 unspecified atom stereocenters. The van der Waals surface area contributed by atoms with E-state index >= 15 is 0 Å². The van der Waals surface area contributed by atoms with Crippen LogP contribution in [0.1, 0.15) is 21.5 Å². The molecule has 6 heteroatoms. The zero-order valence-electron chi connectivity index (χ0n) is 15.8. The maximum Gasteiger partial charge on any atom is 0.253 e. The lowest BCUT2D eigenvalue weighted by Gasteiger charge is -2.20. The van der Waals surface area contributed by atoms with Gasteiger partial charge in [-0.3, -0.25) is 9.48 Å². The lowest BCUT2D eigenvalue weighted by Crippen LogP contribution is -2.26. The van der Waals surface area contributed by atoms with Crippen molar-refractivity contribution in [3.63, 3.8) is 0 Å². The quantitative estimate of drug-likeness (QED) is 0.645. The number of ether oxygens (including phenoxy) is 2. The number of benzene rings is 2. The summed E-state index contributed by atoms with van der Waals surface area (Å²) in [5.41, 5.74) is 2.62. The Morgan fingerprint density at radius 2 is 1.85 bits per heavy atom. The number of carbonyl (C=O) groups is 1. The van der Waals surface area contributed by atoms with E-state index in [0.717, 1.165) is 11.1 Å². The summed E-state index contributed by atoms with van der Waals surface area (Å²) in [6, 6.07) is 15.1. The van der Waals surface area contributed by atoms with E-state index in [9.17, 15) is 4.79 Å². The minimum absolute atomic E-state index is 0.0505. The Hall–Kier alpha value is -3.28. The lowest BCUT2D eigenvalue weighted by molar-refractivity contribution is 0.0784. The van der Waals surface area contributed by atoms with Crippen molar-refractivity contribution >= 4 is 5.91 Å². The first-order valence-corrected chi connectivity index (χ1v) is 8.64. The van der Waals surface area contributed by atoms with Gasteiger partial charge in [0.2, 0.25) is 0 Å². The Labute approximate surface area is 158 Å². The smallest absolute Gasteiger partial charge is 0.253 e. The van der Waals surface area contributed by atoms with E-state index in [1.807, 2.05) is 59.4 Å². The molecule has 0 aliphatic rings. The number of rotatable bonds is 7. The van der Waals surface area contributed by atoms with Crippen LogP contribution in [-0.2, 0) is 13.1 Å². The number of hydrogen-bond donors (Lipinski definition) is 0. The van der Waals surface area contributed by atoms with Crippen molar-refractivity contribution in [2.45, 2.75) is 13.1 Å². The van der Waals surface area contributed by atoms with Crippen LogP contribution >= 0.6 is 0 Å². The SMILES string of the molecule is COc1cccc(CN(C)C(=O)c2ccc(Cn3cccn3)cc2)c1OC. The molecule has 0 spiro atoms. The summed E-state index contributed by atoms with van der Waals surface area (Å²) in [5.74, 6) is 1.25. The second-order valence-corrected chi connectivity index (χ2v) is 6.21. The van der Waals surface area contributed by atoms with Crippen LogP contribution in [0.3, 0.4) is 0 Å². The molecule has 2 aromatic carbocycles. The maximum atomic E-state index is 12.8. The van der Waals surface area contributed by atoms with E-state index in [0.29, 0.717) is 30.2 Å². The summed E-state index contributed by atoms with van der Waals surface area (Å²) in [6.07, 6.45) is 3.66. The molecule has 0 radical (unpaired) electrons. The van der Waals surface area contributed by atoms with Crippen LogP contribution in [-0.4, -0.2) is 41.9 Å². The normalized spacial score (nSPS) is 10.5. The van der Waals surface area contributed by atoms with Gasteiger partial charge in [-0.25, -0.2) is 0 Å². The van der Waals surface area contributed by atoms with Gasteiger partial charge in [-0.15, -0.1) is 0 Å². The van der Waals surface area contributed by atoms with Gasteiger partial charge in [0.05, 0.1) is 20.8 Å². The third kappa shape index (κ3) is 4.28. The van der Waals surface area contributed by atoms with Gasteiger partial charge in [-0.2, -0.15) is 5.10 Å². The van der Waals surface area contributed by atoms with Gasteiger partial charge in [0.1, 0.15) is 0 Å². The fourth-order valence-corrected chi connectivity index (χ4v) is 2.96. The highest BCUT2D eigenvalue weighted by atomic mass is 16.5. The molecule has 0 atom stereocenters. The van der Waals surface area contributed by atoms with Crippen LogP contribution in [0.15, 0.2) is 60.9 Å². The first kappa shape index (κ1) is 18.5. The highest BCUT2D eigenvalue weighted by Crippen LogP contribution is 2.31. The van der Waals surface area contributed by atoms with E-state index in [1.165, 1.54) is 0 Å². The van der Waals surface area contributed by atoms with E-state index in [2.05, 4.69) is 5.10 Å². The molecule has 0 fully saturated rings. The Balaban J connectivity index is 1.70. The molecule has 0 aliphatic carbocycles. The Morgan fingerprint density at radius 3 is 2.48 bits per heavy atom. The summed E-state index contributed by atoms with van der Waals surface area (Å²) in [5, 5.41) is 4.19. The van der Waals surface area contributed by atoms with E-state index in [4.69, 9.17) is 9.47 Å². The van der Waals surface area contributed by atoms with E-state index in [1.54, 1.807) is 32.4 Å². The molecule has 0 bridgehead atoms. The molecular weight excluding hydrogens is 342 g/mol. The van der Waals surface area contributed by atoms with Gasteiger partial charge >= 0.3 is 0 Å². The van der Waals surface area contributed by atoms with Crippen molar-refractivity contribution in [2.24, 2.45) is 0 Å². The van der Waals surface area contributed by atoms with Crippen LogP contribution in [0.4, 0.5) is 0 Å². The van der Waals surface area contributed by atoms with E-state index < -0.39 is 0 Å². The van der Waals surface area contributed by atoms with Crippen LogP contribution < -0.4 is 9.47 Å². The average Bonchev–Trinajstić information content (AvgIpc) is 3.20. The molecular formula is C21H23N3O3. The maximum absolute atomic E-state index is 12.8. The van der Waals surface area contributed by atoms with Crippen molar-refractivity contribution in [1.29, 1.82) is 0 Å². The third-order valence-corrected chi connectivity index (χ3v) is 4.34. The number of para-hydroxylation sites is 1. The van der Waals surface area contributed by atoms with Crippen molar-refractivity contribution in [3.05, 3.63) is 77.6 Å². The predicted molar refractivity (Wildman–Crippen MR) is 103 cm³/mol. The zero-order valence-corrected chi connectivity index (χ0v) is 15.8. The number of nitrogens with zero attached hydrogens (tertiary/aromatic N) is 3. The Bertz CT molecular complexity index is 890. The number of hydrogen-bond acceptors (Lipinski definition) is 4. The highest BCUT2D eigenvalue weighted by molar-refractivity contribution is 5.94. The van der Waals surface area contributed by atoms with Crippen molar-refractivity contribution in [2.75, 3.05) is 21.3 Å². The van der Waals surface area contributed by atoms with E-state index in [-0.39, 0.29) is 5.91 Å². The molecule has 0 aliphatic heterocycles. The molecule has 6 nitrogen and oxygen atoms in total. The van der Waals surface area contributed by atoms with Gasteiger partial charge in [0, 0.05) is 37.1 Å². The first-order chi connectivity index (χ1) is 13.1. The van der Waals surface area contributed by atoms with Gasteiger partial charge in [-0.05, 0) is 29.8 Å². The lowest BCUT2D eigenvalue weighted by atomic mass is 10.1. The third-order valence-electron chi connectivity index (χ3n) is 4.34. The molecule has 1 aromatic heterocycles. The minimum Gasteiger partial charge on any atom is -0.493 e. The Morgan fingerprint density at radius 1 is 1.07 bits per heavy atom. The van der Waals surface area contributed by atoms with Crippen molar-refractivity contribution < 1.29 is 14.3 Å². The van der Waals surface area contributed by atoms with Gasteiger partial charge in [0.15, 0.2) is 11.5 Å². The molecule has 0 N–H and O–H groups in total. The monoisotopic (exact) mass is 365 g/mol. The van der Waals surface area contributed by atoms with Crippen LogP contribution in [0.2, 0.25) is 0 Å². The first-order valence-electron chi connectivity index (χ1n) is 8.64. The van der Waals surface area contributed by atoms with Gasteiger partial charge in [0.25, 0.3) is 5.91 Å². The molecule has 3 aromatic rings. The van der Waals surface area contributed by atoms with Gasteiger partial charge in [-0.1, -0.05) is 24.3 Å². The fraction of sp³-hybridized carbons (Fsp3) is 0.238. The number of methoxy groups -OCH3 is 2. The number of carbonyl (C=O) groups excluding carboxylic acids is 1. The molecule has 1 heterocycles. The van der Waals surface area contributed by atoms with Gasteiger partial charge < -0.3 is 14.4 Å². The second kappa shape index (κ2) is 8.40. The standard InChI is InChI=1S/C21H23N3O3/c1-23(15-18-6-4-7-19(26-2)20(18)27-3)21(25)17-10-8-16(9-11-17)14-24-13-5-12-22-24/h4-13H,14-15H2,1-3H3. The van der Waals surface area contributed by atoms with Crippen LogP contribution in [0.25, 0.3) is 0 Å². The molecule has 140 valence electrons. The van der Waals surface area contributed by atoms with Crippen molar-refractivity contribution in [1.82, 2.24) is 14.7 Å². The summed E-state index contributed by atoms with van der Waals surface area (Å²) in [4.78, 5) is 14.4. The summed E-state index contributed by atoms with van der Waals surface area (Å²) in [6.45, 7) is 1.10. The molecule has 0 saturated heterocycles. The number of aromatic nitrogens is 2. The molecule has 1 amide bonds. The number of amides is 1. The zero-order chi connectivity index (χ0) is 19.2. The summed E-state index contributed by atoms with van der Waals surface area (Å²) >= 11 is 0.